The van der Waals surface area contributed by atoms with Crippen molar-refractivity contribution in [2.75, 3.05) is 27.2 Å². The lowest BCUT2D eigenvalue weighted by Gasteiger charge is -2.17. The molecule has 0 bridgehead atoms. The first-order valence-electron chi connectivity index (χ1n) is 6.19. The van der Waals surface area contributed by atoms with Gasteiger partial charge in [0.1, 0.15) is 5.75 Å². The van der Waals surface area contributed by atoms with E-state index >= 15 is 0 Å². The Bertz CT molecular complexity index is 339. The topological polar surface area (TPSA) is 38.5 Å². The highest BCUT2D eigenvalue weighted by Gasteiger charge is 2.03. The number of nitrogens with two attached hydrogens (primary N) is 1. The molecule has 0 spiro atoms. The number of hydrogen-bond donors (Lipinski definition) is 1. The Labute approximate surface area is 105 Å². The SMILES string of the molecule is COc1ccc(CN(C)CCCCN)cc1C. The van der Waals surface area contributed by atoms with E-state index in [1.54, 1.807) is 7.11 Å². The van der Waals surface area contributed by atoms with Gasteiger partial charge in [-0.05, 0) is 57.1 Å². The zero-order valence-electron chi connectivity index (χ0n) is 11.2. The molecule has 0 heterocycles. The number of nitrogens with zero attached hydrogens (tertiary/aromatic N) is 1. The summed E-state index contributed by atoms with van der Waals surface area (Å²) in [5.41, 5.74) is 8.01. The van der Waals surface area contributed by atoms with Crippen LogP contribution in [0.4, 0.5) is 0 Å². The summed E-state index contributed by atoms with van der Waals surface area (Å²) in [5.74, 6) is 0.958. The van der Waals surface area contributed by atoms with Crippen LogP contribution in [0.25, 0.3) is 0 Å². The standard InChI is InChI=1S/C14H24N2O/c1-12-10-13(6-7-14(12)17-3)11-16(2)9-5-4-8-15/h6-7,10H,4-5,8-9,11,15H2,1-3H3. The Morgan fingerprint density at radius 1 is 1.29 bits per heavy atom. The van der Waals surface area contributed by atoms with Gasteiger partial charge in [-0.1, -0.05) is 12.1 Å². The second-order valence-corrected chi connectivity index (χ2v) is 4.54. The smallest absolute Gasteiger partial charge is 0.121 e. The first-order chi connectivity index (χ1) is 8.17. The van der Waals surface area contributed by atoms with Crippen LogP contribution in [-0.4, -0.2) is 32.1 Å². The van der Waals surface area contributed by atoms with E-state index in [1.165, 1.54) is 17.5 Å². The van der Waals surface area contributed by atoms with Crippen molar-refractivity contribution >= 4 is 0 Å². The van der Waals surface area contributed by atoms with E-state index in [0.717, 1.165) is 31.8 Å². The monoisotopic (exact) mass is 236 g/mol. The summed E-state index contributed by atoms with van der Waals surface area (Å²) >= 11 is 0. The van der Waals surface area contributed by atoms with Crippen molar-refractivity contribution in [1.82, 2.24) is 4.90 Å². The van der Waals surface area contributed by atoms with Gasteiger partial charge >= 0.3 is 0 Å². The number of ether oxygens (including phenoxy) is 1. The summed E-state index contributed by atoms with van der Waals surface area (Å²) in [5, 5.41) is 0. The van der Waals surface area contributed by atoms with Crippen molar-refractivity contribution in [3.05, 3.63) is 29.3 Å². The van der Waals surface area contributed by atoms with Gasteiger partial charge in [-0.2, -0.15) is 0 Å². The van der Waals surface area contributed by atoms with E-state index in [2.05, 4.69) is 31.0 Å². The molecule has 3 nitrogen and oxygen atoms in total. The number of rotatable bonds is 7. The molecule has 0 saturated heterocycles. The van der Waals surface area contributed by atoms with E-state index in [-0.39, 0.29) is 0 Å². The van der Waals surface area contributed by atoms with Gasteiger partial charge in [0.05, 0.1) is 7.11 Å². The average molecular weight is 236 g/mol. The van der Waals surface area contributed by atoms with Crippen LogP contribution < -0.4 is 10.5 Å². The maximum Gasteiger partial charge on any atom is 0.121 e. The fraction of sp³-hybridized carbons (Fsp3) is 0.571. The molecule has 1 aromatic rings. The molecule has 96 valence electrons. The van der Waals surface area contributed by atoms with Crippen molar-refractivity contribution in [2.45, 2.75) is 26.3 Å². The molecule has 0 saturated carbocycles. The lowest BCUT2D eigenvalue weighted by molar-refractivity contribution is 0.319. The third kappa shape index (κ3) is 4.75. The van der Waals surface area contributed by atoms with Gasteiger partial charge in [0.2, 0.25) is 0 Å². The maximum absolute atomic E-state index is 5.49. The average Bonchev–Trinajstić information content (AvgIpc) is 2.29. The van der Waals surface area contributed by atoms with Gasteiger partial charge in [-0.25, -0.2) is 0 Å². The minimum atomic E-state index is 0.787. The van der Waals surface area contributed by atoms with Gasteiger partial charge in [0.15, 0.2) is 0 Å². The Balaban J connectivity index is 2.48. The number of methoxy groups -OCH3 is 1. The molecule has 1 rings (SSSR count). The van der Waals surface area contributed by atoms with Crippen LogP contribution in [0.2, 0.25) is 0 Å². The van der Waals surface area contributed by atoms with E-state index < -0.39 is 0 Å². The fourth-order valence-electron chi connectivity index (χ4n) is 1.96. The Morgan fingerprint density at radius 2 is 2.06 bits per heavy atom. The van der Waals surface area contributed by atoms with Crippen LogP contribution in [0.15, 0.2) is 18.2 Å². The molecule has 3 heteroatoms. The van der Waals surface area contributed by atoms with Crippen molar-refractivity contribution in [3.8, 4) is 5.75 Å². The second-order valence-electron chi connectivity index (χ2n) is 4.54. The van der Waals surface area contributed by atoms with Gasteiger partial charge in [-0.3, -0.25) is 0 Å². The molecule has 0 amide bonds. The molecule has 0 aliphatic rings. The largest absolute Gasteiger partial charge is 0.496 e. The highest BCUT2D eigenvalue weighted by molar-refractivity contribution is 5.36. The summed E-state index contributed by atoms with van der Waals surface area (Å²) in [7, 11) is 3.86. The number of benzene rings is 1. The van der Waals surface area contributed by atoms with Gasteiger partial charge in [0.25, 0.3) is 0 Å². The molecule has 0 aliphatic heterocycles. The summed E-state index contributed by atoms with van der Waals surface area (Å²) < 4.78 is 5.26. The van der Waals surface area contributed by atoms with Crippen molar-refractivity contribution in [3.63, 3.8) is 0 Å². The van der Waals surface area contributed by atoms with E-state index in [4.69, 9.17) is 10.5 Å². The molecule has 1 aromatic carbocycles. The van der Waals surface area contributed by atoms with Crippen LogP contribution in [0.5, 0.6) is 5.75 Å². The molecule has 0 aromatic heterocycles. The molecule has 0 unspecified atom stereocenters. The van der Waals surface area contributed by atoms with Crippen LogP contribution in [-0.2, 0) is 6.54 Å². The predicted octanol–water partition coefficient (Wildman–Crippen LogP) is 2.17. The summed E-state index contributed by atoms with van der Waals surface area (Å²) in [4.78, 5) is 2.33. The quantitative estimate of drug-likeness (QED) is 0.737. The van der Waals surface area contributed by atoms with E-state index in [1.807, 2.05) is 6.07 Å². The zero-order chi connectivity index (χ0) is 12.7. The van der Waals surface area contributed by atoms with Crippen molar-refractivity contribution in [1.29, 1.82) is 0 Å². The normalized spacial score (nSPS) is 10.9. The minimum Gasteiger partial charge on any atom is -0.496 e. The number of unbranched alkanes of at least 4 members (excludes halogenated alkanes) is 1. The molecule has 0 atom stereocenters. The molecule has 0 radical (unpaired) electrons. The molecule has 0 aliphatic carbocycles. The van der Waals surface area contributed by atoms with Gasteiger partial charge in [-0.15, -0.1) is 0 Å². The lowest BCUT2D eigenvalue weighted by Crippen LogP contribution is -2.19. The van der Waals surface area contributed by atoms with Crippen molar-refractivity contribution < 1.29 is 4.74 Å². The summed E-state index contributed by atoms with van der Waals surface area (Å²) in [6.07, 6.45) is 2.27. The molecule has 0 fully saturated rings. The molecular weight excluding hydrogens is 212 g/mol. The highest BCUT2D eigenvalue weighted by atomic mass is 16.5. The van der Waals surface area contributed by atoms with Crippen LogP contribution in [0, 0.1) is 6.92 Å². The van der Waals surface area contributed by atoms with Crippen LogP contribution in [0.3, 0.4) is 0 Å². The molecule has 2 N–H and O–H groups in total. The maximum atomic E-state index is 5.49. The summed E-state index contributed by atoms with van der Waals surface area (Å²) in [6.45, 7) is 4.95. The first-order valence-corrected chi connectivity index (χ1v) is 6.19. The predicted molar refractivity (Wildman–Crippen MR) is 72.4 cm³/mol. The lowest BCUT2D eigenvalue weighted by atomic mass is 10.1. The highest BCUT2D eigenvalue weighted by Crippen LogP contribution is 2.19. The third-order valence-electron chi connectivity index (χ3n) is 2.91. The minimum absolute atomic E-state index is 0.787. The zero-order valence-corrected chi connectivity index (χ0v) is 11.2. The van der Waals surface area contributed by atoms with Crippen LogP contribution in [0.1, 0.15) is 24.0 Å². The Hall–Kier alpha value is -1.06. The number of aryl methyl sites for hydroxylation is 1. The molecule has 17 heavy (non-hydrogen) atoms. The fourth-order valence-corrected chi connectivity index (χ4v) is 1.96. The summed E-state index contributed by atoms with van der Waals surface area (Å²) in [6, 6.07) is 6.36. The van der Waals surface area contributed by atoms with Gasteiger partial charge < -0.3 is 15.4 Å². The van der Waals surface area contributed by atoms with Crippen molar-refractivity contribution in [2.24, 2.45) is 5.73 Å². The molecular formula is C14H24N2O. The third-order valence-corrected chi connectivity index (χ3v) is 2.91. The Kier molecular flexibility index (Phi) is 6.01. The first kappa shape index (κ1) is 14.0. The van der Waals surface area contributed by atoms with E-state index in [0.29, 0.717) is 0 Å². The van der Waals surface area contributed by atoms with Crippen LogP contribution >= 0.6 is 0 Å². The van der Waals surface area contributed by atoms with Gasteiger partial charge in [0, 0.05) is 6.54 Å². The second kappa shape index (κ2) is 7.30. The number of hydrogen-bond acceptors (Lipinski definition) is 3. The Morgan fingerprint density at radius 3 is 2.65 bits per heavy atom. The van der Waals surface area contributed by atoms with E-state index in [9.17, 15) is 0 Å².